The molecule has 0 saturated carbocycles. The van der Waals surface area contributed by atoms with Gasteiger partial charge in [0.25, 0.3) is 0 Å². The summed E-state index contributed by atoms with van der Waals surface area (Å²) in [7, 11) is 0. The Hall–Kier alpha value is -1.28. The molecule has 1 aliphatic carbocycles. The Balaban J connectivity index is 1.82. The number of nitrogens with zero attached hydrogens (tertiary/aromatic N) is 2. The molecule has 0 atom stereocenters. The van der Waals surface area contributed by atoms with Gasteiger partial charge >= 0.3 is 0 Å². The van der Waals surface area contributed by atoms with Crippen LogP contribution in [-0.4, -0.2) is 18.1 Å². The Morgan fingerprint density at radius 1 is 1.00 bits per heavy atom. The molecular weight excluding hydrogens is 268 g/mol. The maximum atomic E-state index is 6.64. The fourth-order valence-corrected chi connectivity index (χ4v) is 3.90. The molecule has 3 heteroatoms. The highest BCUT2D eigenvalue weighted by Gasteiger charge is 2.19. The van der Waals surface area contributed by atoms with Gasteiger partial charge in [-0.2, -0.15) is 0 Å². The lowest BCUT2D eigenvalue weighted by atomic mass is 10.1. The molecule has 0 spiro atoms. The second-order valence-electron chi connectivity index (χ2n) is 5.95. The number of pyridine rings is 1. The third-order valence-corrected chi connectivity index (χ3v) is 5.08. The predicted octanol–water partition coefficient (Wildman–Crippen LogP) is 4.37. The zero-order valence-electron chi connectivity index (χ0n) is 11.7. The molecule has 4 rings (SSSR count). The van der Waals surface area contributed by atoms with Crippen LogP contribution in [0.4, 0.5) is 5.69 Å². The summed E-state index contributed by atoms with van der Waals surface area (Å²) in [6.45, 7) is 2.34. The van der Waals surface area contributed by atoms with E-state index in [2.05, 4.69) is 23.1 Å². The summed E-state index contributed by atoms with van der Waals surface area (Å²) in [5.74, 6) is 0. The van der Waals surface area contributed by atoms with E-state index in [1.165, 1.54) is 55.7 Å². The van der Waals surface area contributed by atoms with E-state index < -0.39 is 0 Å². The average Bonchev–Trinajstić information content (AvgIpc) is 2.97. The fourth-order valence-electron chi connectivity index (χ4n) is 3.54. The molecule has 20 heavy (non-hydrogen) atoms. The van der Waals surface area contributed by atoms with Crippen LogP contribution in [0.5, 0.6) is 0 Å². The quantitative estimate of drug-likeness (QED) is 0.774. The number of anilines is 1. The summed E-state index contributed by atoms with van der Waals surface area (Å²) < 4.78 is 0. The third-order valence-electron chi connectivity index (χ3n) is 4.65. The highest BCUT2D eigenvalue weighted by molar-refractivity contribution is 6.36. The van der Waals surface area contributed by atoms with Crippen molar-refractivity contribution in [2.75, 3.05) is 18.0 Å². The van der Waals surface area contributed by atoms with Crippen molar-refractivity contribution in [1.82, 2.24) is 4.98 Å². The fraction of sp³-hybridized carbons (Fsp3) is 0.471. The lowest BCUT2D eigenvalue weighted by Crippen LogP contribution is -2.29. The molecular formula is C17H19ClN2. The highest BCUT2D eigenvalue weighted by atomic mass is 35.5. The van der Waals surface area contributed by atoms with Crippen molar-refractivity contribution in [3.63, 3.8) is 0 Å². The van der Waals surface area contributed by atoms with Gasteiger partial charge in [-0.15, -0.1) is 0 Å². The Kier molecular flexibility index (Phi) is 3.07. The zero-order chi connectivity index (χ0) is 13.5. The highest BCUT2D eigenvalue weighted by Crippen LogP contribution is 2.35. The molecule has 0 unspecified atom stereocenters. The van der Waals surface area contributed by atoms with Crippen LogP contribution in [0.3, 0.4) is 0 Å². The van der Waals surface area contributed by atoms with Crippen LogP contribution in [0.25, 0.3) is 10.9 Å². The Morgan fingerprint density at radius 3 is 2.70 bits per heavy atom. The average molecular weight is 287 g/mol. The molecule has 1 aliphatic heterocycles. The van der Waals surface area contributed by atoms with E-state index in [0.29, 0.717) is 0 Å². The first kappa shape index (κ1) is 12.5. The van der Waals surface area contributed by atoms with Gasteiger partial charge in [0.05, 0.1) is 10.5 Å². The number of hydrogen-bond donors (Lipinski definition) is 0. The summed E-state index contributed by atoms with van der Waals surface area (Å²) in [6, 6.07) is 6.59. The number of benzene rings is 1. The number of rotatable bonds is 1. The monoisotopic (exact) mass is 286 g/mol. The van der Waals surface area contributed by atoms with Crippen molar-refractivity contribution in [2.45, 2.75) is 38.5 Å². The smallest absolute Gasteiger partial charge is 0.0722 e. The lowest BCUT2D eigenvalue weighted by Gasteiger charge is -2.29. The van der Waals surface area contributed by atoms with Crippen molar-refractivity contribution in [3.8, 4) is 0 Å². The summed E-state index contributed by atoms with van der Waals surface area (Å²) in [6.07, 6.45) is 7.32. The van der Waals surface area contributed by atoms with E-state index in [0.717, 1.165) is 28.8 Å². The molecule has 2 nitrogen and oxygen atoms in total. The maximum Gasteiger partial charge on any atom is 0.0722 e. The molecule has 2 aromatic rings. The van der Waals surface area contributed by atoms with Crippen molar-refractivity contribution in [3.05, 3.63) is 34.5 Å². The van der Waals surface area contributed by atoms with Crippen LogP contribution in [0.15, 0.2) is 18.2 Å². The van der Waals surface area contributed by atoms with E-state index in [1.807, 2.05) is 0 Å². The summed E-state index contributed by atoms with van der Waals surface area (Å²) in [5.41, 5.74) is 4.86. The SMILES string of the molecule is Clc1c2c(nc3ccc(N4CCCCC4)cc13)CCC2. The molecule has 2 heterocycles. The van der Waals surface area contributed by atoms with Gasteiger partial charge in [-0.05, 0) is 62.3 Å². The number of aryl methyl sites for hydroxylation is 1. The lowest BCUT2D eigenvalue weighted by molar-refractivity contribution is 0.578. The molecule has 2 aliphatic rings. The number of aromatic nitrogens is 1. The van der Waals surface area contributed by atoms with Gasteiger partial charge in [-0.25, -0.2) is 0 Å². The number of piperidine rings is 1. The third kappa shape index (κ3) is 1.98. The number of fused-ring (bicyclic) bond motifs is 2. The minimum atomic E-state index is 0.946. The summed E-state index contributed by atoms with van der Waals surface area (Å²) in [4.78, 5) is 7.28. The predicted molar refractivity (Wildman–Crippen MR) is 84.8 cm³/mol. The van der Waals surface area contributed by atoms with Gasteiger partial charge in [0, 0.05) is 29.9 Å². The molecule has 1 saturated heterocycles. The molecule has 0 amide bonds. The van der Waals surface area contributed by atoms with Crippen molar-refractivity contribution >= 4 is 28.2 Å². The first-order valence-electron chi connectivity index (χ1n) is 7.69. The minimum absolute atomic E-state index is 0.946. The first-order chi connectivity index (χ1) is 9.83. The first-order valence-corrected chi connectivity index (χ1v) is 8.07. The van der Waals surface area contributed by atoms with E-state index in [1.54, 1.807) is 0 Å². The molecule has 0 radical (unpaired) electrons. The molecule has 1 aromatic heterocycles. The molecule has 1 fully saturated rings. The number of hydrogen-bond acceptors (Lipinski definition) is 2. The summed E-state index contributed by atoms with van der Waals surface area (Å²) in [5, 5.41) is 2.08. The Morgan fingerprint density at radius 2 is 1.85 bits per heavy atom. The van der Waals surface area contributed by atoms with Gasteiger partial charge in [0.15, 0.2) is 0 Å². The van der Waals surface area contributed by atoms with Crippen molar-refractivity contribution in [2.24, 2.45) is 0 Å². The van der Waals surface area contributed by atoms with E-state index in [-0.39, 0.29) is 0 Å². The molecule has 0 bridgehead atoms. The molecule has 1 aromatic carbocycles. The number of halogens is 1. The Bertz CT molecular complexity index is 660. The van der Waals surface area contributed by atoms with Crippen LogP contribution in [0.1, 0.15) is 36.9 Å². The molecule has 104 valence electrons. The van der Waals surface area contributed by atoms with Crippen molar-refractivity contribution in [1.29, 1.82) is 0 Å². The topological polar surface area (TPSA) is 16.1 Å². The van der Waals surface area contributed by atoms with Crippen LogP contribution < -0.4 is 4.90 Å². The van der Waals surface area contributed by atoms with Gasteiger partial charge in [0.1, 0.15) is 0 Å². The van der Waals surface area contributed by atoms with Crippen LogP contribution in [0, 0.1) is 0 Å². The van der Waals surface area contributed by atoms with Gasteiger partial charge < -0.3 is 4.90 Å². The van der Waals surface area contributed by atoms with Gasteiger partial charge in [-0.1, -0.05) is 11.6 Å². The Labute approximate surface area is 124 Å². The second-order valence-corrected chi connectivity index (χ2v) is 6.33. The summed E-state index contributed by atoms with van der Waals surface area (Å²) >= 11 is 6.64. The van der Waals surface area contributed by atoms with Crippen molar-refractivity contribution < 1.29 is 0 Å². The van der Waals surface area contributed by atoms with E-state index >= 15 is 0 Å². The van der Waals surface area contributed by atoms with E-state index in [9.17, 15) is 0 Å². The standard InChI is InChI=1S/C17H19ClN2/c18-17-13-5-4-6-15(13)19-16-8-7-12(11-14(16)17)20-9-2-1-3-10-20/h7-8,11H,1-6,9-10H2. The van der Waals surface area contributed by atoms with Crippen LogP contribution in [-0.2, 0) is 12.8 Å². The van der Waals surface area contributed by atoms with E-state index in [4.69, 9.17) is 16.6 Å². The largest absolute Gasteiger partial charge is 0.372 e. The van der Waals surface area contributed by atoms with Gasteiger partial charge in [-0.3, -0.25) is 4.98 Å². The second kappa shape index (κ2) is 4.92. The van der Waals surface area contributed by atoms with Gasteiger partial charge in [0.2, 0.25) is 0 Å². The van der Waals surface area contributed by atoms with Crippen LogP contribution in [0.2, 0.25) is 5.02 Å². The maximum absolute atomic E-state index is 6.64. The zero-order valence-corrected chi connectivity index (χ0v) is 12.4. The minimum Gasteiger partial charge on any atom is -0.372 e. The molecule has 0 N–H and O–H groups in total. The van der Waals surface area contributed by atoms with Crippen LogP contribution >= 0.6 is 11.6 Å². The normalized spacial score (nSPS) is 18.6.